The first-order chi connectivity index (χ1) is 20.9. The van der Waals surface area contributed by atoms with Crippen LogP contribution < -0.4 is 5.73 Å². The minimum absolute atomic E-state index is 0.122. The molecule has 9 nitrogen and oxygen atoms in total. The minimum Gasteiger partial charge on any atom is -0.353 e. The summed E-state index contributed by atoms with van der Waals surface area (Å²) in [6.07, 6.45) is -12.2. The predicted molar refractivity (Wildman–Crippen MR) is 146 cm³/mol. The number of urea groups is 1. The average molecular weight is 669 g/mol. The summed E-state index contributed by atoms with van der Waals surface area (Å²) in [5, 5.41) is 0. The van der Waals surface area contributed by atoms with Crippen LogP contribution in [0.5, 0.6) is 0 Å². The van der Waals surface area contributed by atoms with Crippen molar-refractivity contribution in [1.82, 2.24) is 14.7 Å². The molecule has 3 amide bonds. The molecule has 248 valence electrons. The molecule has 2 aromatic rings. The molecule has 0 saturated carbocycles. The molecule has 2 aliphatic rings. The van der Waals surface area contributed by atoms with Crippen LogP contribution in [0.3, 0.4) is 0 Å². The largest absolute Gasteiger partial charge is 0.430 e. The highest BCUT2D eigenvalue weighted by molar-refractivity contribution is 7.92. The number of rotatable bonds is 7. The fourth-order valence-corrected chi connectivity index (χ4v) is 7.84. The highest BCUT2D eigenvalue weighted by atomic mass is 32.2. The number of ether oxygens (including phenoxy) is 1. The van der Waals surface area contributed by atoms with Gasteiger partial charge < -0.3 is 25.2 Å². The molecule has 2 aliphatic heterocycles. The zero-order chi connectivity index (χ0) is 33.4. The third kappa shape index (κ3) is 6.08. The van der Waals surface area contributed by atoms with Crippen molar-refractivity contribution in [3.8, 4) is 0 Å². The number of sulfone groups is 1. The molecule has 0 radical (unpaired) electrons. The number of carbonyl (C=O) groups excluding carboxylic acids is 2. The van der Waals surface area contributed by atoms with Crippen LogP contribution in [-0.2, 0) is 29.7 Å². The summed E-state index contributed by atoms with van der Waals surface area (Å²) in [4.78, 5) is 29.0. The Bertz CT molecular complexity index is 1480. The maximum absolute atomic E-state index is 14.2. The second-order valence-electron chi connectivity index (χ2n) is 10.8. The third-order valence-corrected chi connectivity index (χ3v) is 10.7. The van der Waals surface area contributed by atoms with Crippen molar-refractivity contribution >= 4 is 21.8 Å². The van der Waals surface area contributed by atoms with Crippen LogP contribution in [0.2, 0.25) is 0 Å². The molecule has 0 bridgehead atoms. The van der Waals surface area contributed by atoms with Crippen LogP contribution >= 0.6 is 0 Å². The summed E-state index contributed by atoms with van der Waals surface area (Å²) in [7, 11) is -4.53. The number of benzene rings is 2. The van der Waals surface area contributed by atoms with Crippen LogP contribution in [0.1, 0.15) is 24.5 Å². The number of hydrogen-bond donors (Lipinski definition) is 1. The van der Waals surface area contributed by atoms with Gasteiger partial charge >= 0.3 is 18.4 Å². The van der Waals surface area contributed by atoms with E-state index < -0.39 is 69.6 Å². The zero-order valence-corrected chi connectivity index (χ0v) is 24.8. The lowest BCUT2D eigenvalue weighted by Crippen LogP contribution is -2.56. The summed E-state index contributed by atoms with van der Waals surface area (Å²) >= 11 is 0. The highest BCUT2D eigenvalue weighted by Crippen LogP contribution is 2.53. The number of piperazine rings is 1. The second-order valence-corrected chi connectivity index (χ2v) is 13.0. The van der Waals surface area contributed by atoms with E-state index in [0.29, 0.717) is 12.1 Å². The number of carbonyl (C=O) groups is 2. The van der Waals surface area contributed by atoms with Crippen molar-refractivity contribution in [1.29, 1.82) is 0 Å². The topological polar surface area (TPSA) is 113 Å². The molecular formula is C28H31F7N4O5S. The Hall–Kier alpha value is -3.44. The van der Waals surface area contributed by atoms with E-state index in [0.717, 1.165) is 36.4 Å². The third-order valence-electron chi connectivity index (χ3n) is 8.19. The Kier molecular flexibility index (Phi) is 9.49. The van der Waals surface area contributed by atoms with Gasteiger partial charge in [0.25, 0.3) is 5.60 Å². The number of amides is 3. The van der Waals surface area contributed by atoms with Crippen molar-refractivity contribution in [2.45, 2.75) is 40.9 Å². The Labute approximate surface area is 254 Å². The number of nitrogens with two attached hydrogens (primary N) is 1. The average Bonchev–Trinajstić information content (AvgIpc) is 3.44. The molecule has 0 spiro atoms. The van der Waals surface area contributed by atoms with Gasteiger partial charge in [0.15, 0.2) is 9.84 Å². The van der Waals surface area contributed by atoms with Crippen molar-refractivity contribution in [3.05, 3.63) is 65.5 Å². The van der Waals surface area contributed by atoms with Crippen molar-refractivity contribution < 1.29 is 53.5 Å². The zero-order valence-electron chi connectivity index (χ0n) is 24.0. The lowest BCUT2D eigenvalue weighted by Gasteiger charge is -2.38. The van der Waals surface area contributed by atoms with Crippen LogP contribution in [-0.4, -0.2) is 99.8 Å². The van der Waals surface area contributed by atoms with Crippen molar-refractivity contribution in [2.75, 3.05) is 52.4 Å². The van der Waals surface area contributed by atoms with E-state index in [9.17, 15) is 48.7 Å². The Balaban J connectivity index is 1.77. The molecule has 4 rings (SSSR count). The molecule has 1 unspecified atom stereocenters. The molecule has 2 aromatic carbocycles. The Morgan fingerprint density at radius 3 is 1.87 bits per heavy atom. The molecule has 2 saturated heterocycles. The van der Waals surface area contributed by atoms with Gasteiger partial charge in [-0.05, 0) is 36.2 Å². The fraction of sp³-hybridized carbons (Fsp3) is 0.500. The van der Waals surface area contributed by atoms with Crippen LogP contribution in [0.15, 0.2) is 53.4 Å². The highest BCUT2D eigenvalue weighted by Gasteiger charge is 2.73. The molecule has 2 N–H and O–H groups in total. The maximum Gasteiger partial charge on any atom is 0.430 e. The number of nitrogens with zero attached hydrogens (tertiary/aromatic N) is 3. The summed E-state index contributed by atoms with van der Waals surface area (Å²) in [5.74, 6) is -0.918. The molecule has 2 fully saturated rings. The van der Waals surface area contributed by atoms with Crippen molar-refractivity contribution in [2.24, 2.45) is 5.73 Å². The standard InChI is InChI=1S/C28H31F7N4O5S/c1-19(40)37-13-15-38(16-14-37)24(41)39-12-10-25(18-39,45(42,43)23-8-6-22(29)7-9-23)20-2-4-21(5-3-20)26(27(30,31)32,28(33,34)35)44-17-11-36/h2-9H,10-18,36H2,1H3. The predicted octanol–water partition coefficient (Wildman–Crippen LogP) is 3.78. The number of likely N-dealkylation sites (tertiary alicyclic amines) is 1. The molecule has 0 aliphatic carbocycles. The first kappa shape index (κ1) is 34.4. The normalized spacial score (nSPS) is 20.1. The van der Waals surface area contributed by atoms with Gasteiger partial charge in [-0.15, -0.1) is 0 Å². The molecular weight excluding hydrogens is 637 g/mol. The number of halogens is 7. The van der Waals surface area contributed by atoms with Crippen molar-refractivity contribution in [3.63, 3.8) is 0 Å². The van der Waals surface area contributed by atoms with Gasteiger partial charge in [-0.2, -0.15) is 26.3 Å². The lowest BCUT2D eigenvalue weighted by molar-refractivity contribution is -0.389. The lowest BCUT2D eigenvalue weighted by atomic mass is 9.88. The van der Waals surface area contributed by atoms with Gasteiger partial charge in [0.05, 0.1) is 11.5 Å². The Morgan fingerprint density at radius 2 is 1.38 bits per heavy atom. The van der Waals surface area contributed by atoms with E-state index >= 15 is 0 Å². The summed E-state index contributed by atoms with van der Waals surface area (Å²) in [6, 6.07) is 5.91. The number of hydrogen-bond acceptors (Lipinski definition) is 6. The van der Waals surface area contributed by atoms with E-state index in [-0.39, 0.29) is 55.5 Å². The van der Waals surface area contributed by atoms with E-state index in [2.05, 4.69) is 4.74 Å². The molecule has 17 heteroatoms. The summed E-state index contributed by atoms with van der Waals surface area (Å²) in [6.45, 7) is -0.116. The van der Waals surface area contributed by atoms with Gasteiger partial charge in [-0.1, -0.05) is 24.3 Å². The number of alkyl halides is 6. The first-order valence-corrected chi connectivity index (χ1v) is 15.3. The van der Waals surface area contributed by atoms with E-state index in [4.69, 9.17) is 5.73 Å². The smallest absolute Gasteiger partial charge is 0.353 e. The molecule has 2 heterocycles. The SMILES string of the molecule is CC(=O)N1CCN(C(=O)N2CCC(c3ccc(C(OCCN)(C(F)(F)F)C(F)(F)F)cc3)(S(=O)(=O)c3ccc(F)cc3)C2)CC1. The molecule has 1 atom stereocenters. The van der Waals surface area contributed by atoms with Gasteiger partial charge in [-0.3, -0.25) is 4.79 Å². The van der Waals surface area contributed by atoms with Crippen LogP contribution in [0, 0.1) is 5.82 Å². The van der Waals surface area contributed by atoms with Crippen LogP contribution in [0.4, 0.5) is 35.5 Å². The van der Waals surface area contributed by atoms with E-state index in [1.54, 1.807) is 0 Å². The van der Waals surface area contributed by atoms with Gasteiger partial charge in [0.2, 0.25) is 5.91 Å². The fourth-order valence-electron chi connectivity index (χ4n) is 5.76. The van der Waals surface area contributed by atoms with E-state index in [1.807, 2.05) is 0 Å². The minimum atomic E-state index is -5.97. The van der Waals surface area contributed by atoms with E-state index in [1.165, 1.54) is 21.6 Å². The quantitative estimate of drug-likeness (QED) is 0.355. The van der Waals surface area contributed by atoms with Crippen LogP contribution in [0.25, 0.3) is 0 Å². The molecule has 45 heavy (non-hydrogen) atoms. The monoisotopic (exact) mass is 668 g/mol. The molecule has 0 aromatic heterocycles. The summed E-state index contributed by atoms with van der Waals surface area (Å²) in [5.41, 5.74) is -1.12. The maximum atomic E-state index is 14.2. The summed E-state index contributed by atoms with van der Waals surface area (Å²) < 4.78 is 129. The Morgan fingerprint density at radius 1 is 0.844 bits per heavy atom. The van der Waals surface area contributed by atoms with Gasteiger partial charge in [0, 0.05) is 58.3 Å². The van der Waals surface area contributed by atoms with Gasteiger partial charge in [-0.25, -0.2) is 17.6 Å². The van der Waals surface area contributed by atoms with Gasteiger partial charge in [0.1, 0.15) is 10.6 Å². The second kappa shape index (κ2) is 12.4. The first-order valence-electron chi connectivity index (χ1n) is 13.8.